The summed E-state index contributed by atoms with van der Waals surface area (Å²) in [7, 11) is 1.94. The molecule has 0 bridgehead atoms. The number of anilines is 1. The molecule has 2 aliphatic heterocycles. The van der Waals surface area contributed by atoms with Crippen LogP contribution in [0.25, 0.3) is 11.1 Å². The van der Waals surface area contributed by atoms with E-state index in [1.54, 1.807) is 84.6 Å². The van der Waals surface area contributed by atoms with Crippen LogP contribution in [0.4, 0.5) is 32.0 Å². The monoisotopic (exact) mass is 1630 g/mol. The van der Waals surface area contributed by atoms with Crippen molar-refractivity contribution in [1.29, 1.82) is 0 Å². The third-order valence-electron chi connectivity index (χ3n) is 18.3. The molecule has 0 aromatic heterocycles. The number of unbranched alkanes of at least 4 members (excludes halogenated alkanes) is 1. The molecular weight excluding hydrogens is 1530 g/mol. The smallest absolute Gasteiger partial charge is 0.261 e. The second kappa shape index (κ2) is 45.7. The third kappa shape index (κ3) is 27.7. The number of carbonyl (C=O) groups excluding carboxylic acids is 3. The minimum atomic E-state index is -1.18. The van der Waals surface area contributed by atoms with E-state index in [1.165, 1.54) is 45.2 Å². The van der Waals surface area contributed by atoms with Crippen LogP contribution in [0.5, 0.6) is 0 Å². The number of hydrogen-bond donors (Lipinski definition) is 0. The van der Waals surface area contributed by atoms with Crippen molar-refractivity contribution in [2.24, 2.45) is 0 Å². The number of para-hydroxylation sites is 1. The lowest BCUT2D eigenvalue weighted by molar-refractivity contribution is -0.116. The maximum absolute atomic E-state index is 14.1. The summed E-state index contributed by atoms with van der Waals surface area (Å²) in [5.41, 5.74) is 13.5. The minimum Gasteiger partial charge on any atom is -0.312 e. The van der Waals surface area contributed by atoms with Gasteiger partial charge in [-0.05, 0) is 161 Å². The Balaban J connectivity index is 0.000000194. The molecule has 2 heterocycles. The topological polar surface area (TPSA) is 60.9 Å². The highest BCUT2D eigenvalue weighted by Crippen LogP contribution is 2.44. The van der Waals surface area contributed by atoms with Crippen LogP contribution in [0.3, 0.4) is 0 Å². The van der Waals surface area contributed by atoms with Gasteiger partial charge in [-0.3, -0.25) is 24.2 Å². The molecule has 0 radical (unpaired) electrons. The molecule has 0 fully saturated rings. The van der Waals surface area contributed by atoms with Crippen LogP contribution in [0.15, 0.2) is 265 Å². The molecule has 6 nitrogen and oxygen atoms in total. The zero-order valence-corrected chi connectivity index (χ0v) is 66.8. The van der Waals surface area contributed by atoms with Crippen molar-refractivity contribution in [3.63, 3.8) is 0 Å². The lowest BCUT2D eigenvalue weighted by atomic mass is 9.99. The van der Waals surface area contributed by atoms with Crippen molar-refractivity contribution >= 4 is 61.9 Å². The zero-order valence-electron chi connectivity index (χ0n) is 63.1. The Morgan fingerprint density at radius 3 is 1.48 bits per heavy atom. The van der Waals surface area contributed by atoms with Crippen molar-refractivity contribution in [3.8, 4) is 23.5 Å². The molecule has 13 rings (SSSR count). The van der Waals surface area contributed by atoms with Crippen LogP contribution in [0.1, 0.15) is 225 Å². The molecule has 0 saturated heterocycles. The molecule has 0 saturated carbocycles. The van der Waals surface area contributed by atoms with Gasteiger partial charge in [0.2, 0.25) is 5.91 Å². The number of halogens is 8. The number of imide groups is 1. The van der Waals surface area contributed by atoms with Gasteiger partial charge in [0.1, 0.15) is 37.0 Å². The molecule has 14 heteroatoms. The van der Waals surface area contributed by atoms with Crippen molar-refractivity contribution < 1.29 is 40.7 Å². The van der Waals surface area contributed by atoms with Crippen LogP contribution in [-0.2, 0) is 4.79 Å². The molecule has 10 aromatic carbocycles. The predicted octanol–water partition coefficient (Wildman–Crippen LogP) is 26.8. The van der Waals surface area contributed by atoms with E-state index in [4.69, 9.17) is 6.42 Å². The number of amides is 3. The molecule has 0 spiro atoms. The van der Waals surface area contributed by atoms with E-state index >= 15 is 0 Å². The molecule has 10 aromatic rings. The Labute approximate surface area is 654 Å². The fraction of sp³-hybridized carbons (Fsp3) is 0.301. The first-order valence-electron chi connectivity index (χ1n) is 36.6. The van der Waals surface area contributed by atoms with E-state index in [0.717, 1.165) is 50.2 Å². The van der Waals surface area contributed by atoms with E-state index in [2.05, 4.69) is 152 Å². The average Bonchev–Trinajstić information content (AvgIpc) is 1.68. The standard InChI is InChI=1S/C17H14FNO2.C15H16.C13H14FN.C11H12FNO.C11H15F.C9H11F.C9H11I.C8H8BrF/c18-15(12-6-2-1-3-7-12)10-11-19-16(20)13-8-4-5-9-14(13)17(19)21;1-12(2)13-8-10-15(11-9-13)14-6-4-3-5-7-14;1-3-8-15(2)13-9-12(14)10-6-4-5-7-11(10)13;1-8(14)13-7-6-10(12)9-4-2-3-5-11(9)13;1-2-3-9-11(12)10-7-5-4-6-8-10;1-7-3-5-9(6-4-7)8(2)10;1-7(2)8-3-5-9(10)6-4-8;1-6(10)7-4-2-3-5-8(7)9/h1-9,15H,10-11H2;3-12H,1-2H3;1,4-7,12-13H,8-9H2,2H3;2-5,10H,6-7H2,1H3;4-8,11H,2-3,9H2,1H3;3-6,8H,1-2H3;3-7H,1-2H3;2-6H,1H3/t;;12-,13+;;;;;/m..0...../s1. The van der Waals surface area contributed by atoms with E-state index in [0.29, 0.717) is 72.0 Å². The summed E-state index contributed by atoms with van der Waals surface area (Å²) < 4.78 is 82.0. The number of aryl methyl sites for hydroxylation is 1. The average molecular weight is 1630 g/mol. The first kappa shape index (κ1) is 87.0. The second-order valence-electron chi connectivity index (χ2n) is 27.0. The highest BCUT2D eigenvalue weighted by Gasteiger charge is 2.36. The van der Waals surface area contributed by atoms with E-state index in [9.17, 15) is 40.7 Å². The number of carbonyl (C=O) groups is 3. The van der Waals surface area contributed by atoms with Gasteiger partial charge >= 0.3 is 0 Å². The second-order valence-corrected chi connectivity index (χ2v) is 29.1. The SMILES string of the molecule is C#CCN(C)[C@@H]1C[C@H](F)c2ccccc21.CC(=O)N1CCC(F)c2ccccc21.CC(C)c1ccc(-c2ccccc2)cc1.CC(C)c1ccc(I)cc1.CC(F)c1ccccc1Br.CCCCC(F)c1ccccc1.Cc1ccc(C(C)F)cc1.O=C1c2ccccc2C(=O)N1CCC(F)c1ccccc1. The normalized spacial score (nSPS) is 15.3. The zero-order chi connectivity index (χ0) is 78.0. The van der Waals surface area contributed by atoms with Crippen molar-refractivity contribution in [1.82, 2.24) is 9.80 Å². The minimum absolute atomic E-state index is 0.0237. The first-order valence-corrected chi connectivity index (χ1v) is 38.4. The molecule has 5 unspecified atom stereocenters. The fourth-order valence-corrected chi connectivity index (χ4v) is 12.9. The maximum atomic E-state index is 14.1. The molecule has 1 aliphatic carbocycles. The Bertz CT molecular complexity index is 4230. The van der Waals surface area contributed by atoms with Crippen LogP contribution in [0.2, 0.25) is 0 Å². The summed E-state index contributed by atoms with van der Waals surface area (Å²) in [6.07, 6.45) is 3.52. The molecule has 7 atom stereocenters. The summed E-state index contributed by atoms with van der Waals surface area (Å²) in [4.78, 5) is 40.3. The Kier molecular flexibility index (Phi) is 37.2. The molecule has 3 aliphatic rings. The lowest BCUT2D eigenvalue weighted by Crippen LogP contribution is -2.34. The predicted molar refractivity (Wildman–Crippen MR) is 442 cm³/mol. The maximum Gasteiger partial charge on any atom is 0.261 e. The largest absolute Gasteiger partial charge is 0.312 e. The summed E-state index contributed by atoms with van der Waals surface area (Å²) in [6.45, 7) is 18.6. The van der Waals surface area contributed by atoms with Gasteiger partial charge in [-0.2, -0.15) is 0 Å². The molecule has 0 N–H and O–H groups in total. The number of rotatable bonds is 15. The number of fused-ring (bicyclic) bond motifs is 3. The summed E-state index contributed by atoms with van der Waals surface area (Å²) in [5, 5.41) is 0. The van der Waals surface area contributed by atoms with Crippen molar-refractivity contribution in [2.45, 2.75) is 156 Å². The van der Waals surface area contributed by atoms with Gasteiger partial charge in [-0.15, -0.1) is 6.42 Å². The Morgan fingerprint density at radius 1 is 0.542 bits per heavy atom. The molecular formula is C93H101BrF6IN3O3. The molecule has 107 heavy (non-hydrogen) atoms. The van der Waals surface area contributed by atoms with Gasteiger partial charge in [0.25, 0.3) is 11.8 Å². The van der Waals surface area contributed by atoms with Gasteiger partial charge in [0.05, 0.1) is 17.7 Å². The molecule has 562 valence electrons. The van der Waals surface area contributed by atoms with Crippen molar-refractivity contribution in [2.75, 3.05) is 31.6 Å². The summed E-state index contributed by atoms with van der Waals surface area (Å²) in [5.74, 6) is 3.15. The summed E-state index contributed by atoms with van der Waals surface area (Å²) >= 11 is 5.58. The van der Waals surface area contributed by atoms with Gasteiger partial charge in [0.15, 0.2) is 0 Å². The number of benzene rings is 10. The summed E-state index contributed by atoms with van der Waals surface area (Å²) in [6, 6.07) is 82.6. The third-order valence-corrected chi connectivity index (χ3v) is 19.7. The van der Waals surface area contributed by atoms with Crippen molar-refractivity contribution in [3.05, 3.63) is 336 Å². The highest BCUT2D eigenvalue weighted by molar-refractivity contribution is 14.1. The lowest BCUT2D eigenvalue weighted by Gasteiger charge is -2.30. The van der Waals surface area contributed by atoms with Crippen LogP contribution in [-0.4, -0.2) is 54.2 Å². The van der Waals surface area contributed by atoms with Gasteiger partial charge < -0.3 is 4.90 Å². The highest BCUT2D eigenvalue weighted by atomic mass is 127. The van der Waals surface area contributed by atoms with Crippen LogP contribution < -0.4 is 4.90 Å². The van der Waals surface area contributed by atoms with Crippen LogP contribution >= 0.6 is 38.5 Å². The van der Waals surface area contributed by atoms with Crippen LogP contribution in [0, 0.1) is 22.8 Å². The number of alkyl halides is 6. The first-order chi connectivity index (χ1) is 51.3. The Hall–Kier alpha value is -8.88. The van der Waals surface area contributed by atoms with Gasteiger partial charge in [-0.25, -0.2) is 26.3 Å². The quantitative estimate of drug-likeness (QED) is 0.0444. The number of hydrogen-bond acceptors (Lipinski definition) is 4. The van der Waals surface area contributed by atoms with E-state index in [1.807, 2.05) is 134 Å². The van der Waals surface area contributed by atoms with Gasteiger partial charge in [-0.1, -0.05) is 299 Å². The van der Waals surface area contributed by atoms with Gasteiger partial charge in [0, 0.05) is 64.6 Å². The fourth-order valence-electron chi connectivity index (χ4n) is 12.0. The molecule has 3 amide bonds. The number of nitrogens with zero attached hydrogens (tertiary/aromatic N) is 3. The Morgan fingerprint density at radius 2 is 0.991 bits per heavy atom. The number of terminal acetylenes is 1. The van der Waals surface area contributed by atoms with E-state index in [-0.39, 0.29) is 36.7 Å². The van der Waals surface area contributed by atoms with E-state index < -0.39 is 37.0 Å².